The average molecular weight is 255 g/mol. The fourth-order valence-electron chi connectivity index (χ4n) is 1.84. The first kappa shape index (κ1) is 13.2. The summed E-state index contributed by atoms with van der Waals surface area (Å²) in [6, 6.07) is 9.48. The molecule has 0 aliphatic carbocycles. The van der Waals surface area contributed by atoms with E-state index in [1.165, 1.54) is 0 Å². The summed E-state index contributed by atoms with van der Waals surface area (Å²) in [6.07, 6.45) is 1.62. The molecule has 1 heterocycles. The molecule has 4 nitrogen and oxygen atoms in total. The second-order valence-electron chi connectivity index (χ2n) is 4.48. The molecule has 1 amide bonds. The molecule has 0 bridgehead atoms. The fourth-order valence-corrected chi connectivity index (χ4v) is 1.84. The summed E-state index contributed by atoms with van der Waals surface area (Å²) < 4.78 is 0. The van der Waals surface area contributed by atoms with Crippen molar-refractivity contribution in [1.82, 2.24) is 4.98 Å². The summed E-state index contributed by atoms with van der Waals surface area (Å²) in [4.78, 5) is 16.3. The lowest BCUT2D eigenvalue weighted by molar-refractivity contribution is 0.102. The van der Waals surface area contributed by atoms with Gasteiger partial charge in [0.15, 0.2) is 0 Å². The van der Waals surface area contributed by atoms with E-state index >= 15 is 0 Å². The highest BCUT2D eigenvalue weighted by Crippen LogP contribution is 2.18. The quantitative estimate of drug-likeness (QED) is 0.885. The summed E-state index contributed by atoms with van der Waals surface area (Å²) in [5.41, 5.74) is 9.67. The molecule has 0 saturated carbocycles. The number of nitrogens with one attached hydrogen (secondary N) is 1. The molecule has 3 N–H and O–H groups in total. The van der Waals surface area contributed by atoms with Crippen molar-refractivity contribution >= 4 is 11.6 Å². The van der Waals surface area contributed by atoms with Crippen LogP contribution in [0.4, 0.5) is 5.69 Å². The zero-order valence-corrected chi connectivity index (χ0v) is 11.1. The number of benzene rings is 1. The van der Waals surface area contributed by atoms with Gasteiger partial charge in [0.25, 0.3) is 5.91 Å². The van der Waals surface area contributed by atoms with Crippen LogP contribution < -0.4 is 11.1 Å². The Labute approximate surface area is 112 Å². The summed E-state index contributed by atoms with van der Waals surface area (Å²) in [7, 11) is 0. The van der Waals surface area contributed by atoms with Gasteiger partial charge in [-0.25, -0.2) is 0 Å². The maximum atomic E-state index is 12.2. The molecule has 0 atom stereocenters. The van der Waals surface area contributed by atoms with Gasteiger partial charge in [-0.1, -0.05) is 18.2 Å². The van der Waals surface area contributed by atoms with E-state index in [0.717, 1.165) is 22.4 Å². The molecule has 0 saturated heterocycles. The van der Waals surface area contributed by atoms with Gasteiger partial charge in [0.05, 0.1) is 0 Å². The maximum absolute atomic E-state index is 12.2. The number of aryl methyl sites for hydroxylation is 2. The summed E-state index contributed by atoms with van der Waals surface area (Å²) in [6.45, 7) is 4.26. The van der Waals surface area contributed by atoms with Gasteiger partial charge in [0, 0.05) is 18.4 Å². The minimum Gasteiger partial charge on any atom is -0.326 e. The van der Waals surface area contributed by atoms with Gasteiger partial charge in [-0.2, -0.15) is 0 Å². The number of hydrogen-bond acceptors (Lipinski definition) is 3. The van der Waals surface area contributed by atoms with Crippen LogP contribution >= 0.6 is 0 Å². The average Bonchev–Trinajstić information content (AvgIpc) is 2.41. The van der Waals surface area contributed by atoms with Gasteiger partial charge in [0.1, 0.15) is 5.69 Å². The number of rotatable bonds is 3. The van der Waals surface area contributed by atoms with E-state index in [1.807, 2.05) is 44.2 Å². The third kappa shape index (κ3) is 2.98. The van der Waals surface area contributed by atoms with Gasteiger partial charge in [-0.15, -0.1) is 0 Å². The van der Waals surface area contributed by atoms with Crippen LogP contribution in [0, 0.1) is 13.8 Å². The fraction of sp³-hybridized carbons (Fsp3) is 0.200. The van der Waals surface area contributed by atoms with E-state index in [2.05, 4.69) is 10.3 Å². The highest BCUT2D eigenvalue weighted by atomic mass is 16.1. The standard InChI is InChI=1S/C15H17N3O/c1-10-5-6-12(9-16)8-13(10)18-15(19)14-11(2)4-3-7-17-14/h3-8H,9,16H2,1-2H3,(H,18,19). The molecule has 2 rings (SSSR count). The van der Waals surface area contributed by atoms with Crippen molar-refractivity contribution < 1.29 is 4.79 Å². The third-order valence-electron chi connectivity index (χ3n) is 3.01. The first-order valence-electron chi connectivity index (χ1n) is 6.14. The maximum Gasteiger partial charge on any atom is 0.274 e. The van der Waals surface area contributed by atoms with Crippen molar-refractivity contribution in [3.63, 3.8) is 0 Å². The largest absolute Gasteiger partial charge is 0.326 e. The van der Waals surface area contributed by atoms with E-state index in [9.17, 15) is 4.79 Å². The van der Waals surface area contributed by atoms with Crippen LogP contribution in [-0.2, 0) is 6.54 Å². The van der Waals surface area contributed by atoms with Crippen LogP contribution in [0.2, 0.25) is 0 Å². The molecule has 2 aromatic rings. The van der Waals surface area contributed by atoms with Crippen molar-refractivity contribution in [2.24, 2.45) is 5.73 Å². The molecular formula is C15H17N3O. The van der Waals surface area contributed by atoms with Crippen LogP contribution in [-0.4, -0.2) is 10.9 Å². The minimum atomic E-state index is -0.199. The predicted molar refractivity (Wildman–Crippen MR) is 76.0 cm³/mol. The number of hydrogen-bond donors (Lipinski definition) is 2. The zero-order valence-electron chi connectivity index (χ0n) is 11.1. The highest BCUT2D eigenvalue weighted by molar-refractivity contribution is 6.04. The van der Waals surface area contributed by atoms with E-state index in [-0.39, 0.29) is 5.91 Å². The Hall–Kier alpha value is -2.20. The monoisotopic (exact) mass is 255 g/mol. The lowest BCUT2D eigenvalue weighted by atomic mass is 10.1. The lowest BCUT2D eigenvalue weighted by Crippen LogP contribution is -2.16. The molecule has 1 aromatic carbocycles. The Morgan fingerprint density at radius 2 is 2.05 bits per heavy atom. The van der Waals surface area contributed by atoms with Crippen molar-refractivity contribution in [3.8, 4) is 0 Å². The number of amides is 1. The minimum absolute atomic E-state index is 0.199. The predicted octanol–water partition coefficient (Wildman–Crippen LogP) is 2.41. The summed E-state index contributed by atoms with van der Waals surface area (Å²) in [5.74, 6) is -0.199. The molecule has 98 valence electrons. The molecule has 0 radical (unpaired) electrons. The van der Waals surface area contributed by atoms with Crippen molar-refractivity contribution in [1.29, 1.82) is 0 Å². The second kappa shape index (κ2) is 5.63. The molecule has 0 aliphatic rings. The summed E-state index contributed by atoms with van der Waals surface area (Å²) >= 11 is 0. The highest BCUT2D eigenvalue weighted by Gasteiger charge is 2.11. The van der Waals surface area contributed by atoms with Gasteiger partial charge in [-0.05, 0) is 42.7 Å². The van der Waals surface area contributed by atoms with Crippen LogP contribution in [0.1, 0.15) is 27.2 Å². The molecule has 0 spiro atoms. The number of carbonyl (C=O) groups excluding carboxylic acids is 1. The number of nitrogens with zero attached hydrogens (tertiary/aromatic N) is 1. The number of pyridine rings is 1. The Kier molecular flexibility index (Phi) is 3.92. The Morgan fingerprint density at radius 3 is 2.74 bits per heavy atom. The Balaban J connectivity index is 2.26. The molecule has 19 heavy (non-hydrogen) atoms. The third-order valence-corrected chi connectivity index (χ3v) is 3.01. The van der Waals surface area contributed by atoms with Crippen molar-refractivity contribution in [3.05, 3.63) is 58.9 Å². The summed E-state index contributed by atoms with van der Waals surface area (Å²) in [5, 5.41) is 2.89. The lowest BCUT2D eigenvalue weighted by Gasteiger charge is -2.10. The number of nitrogens with two attached hydrogens (primary N) is 1. The van der Waals surface area contributed by atoms with Crippen LogP contribution in [0.25, 0.3) is 0 Å². The van der Waals surface area contributed by atoms with E-state index in [1.54, 1.807) is 6.20 Å². The van der Waals surface area contributed by atoms with E-state index in [0.29, 0.717) is 12.2 Å². The first-order chi connectivity index (χ1) is 9.11. The molecule has 0 fully saturated rings. The number of aromatic nitrogens is 1. The van der Waals surface area contributed by atoms with Gasteiger partial charge in [-0.3, -0.25) is 9.78 Å². The SMILES string of the molecule is Cc1ccc(CN)cc1NC(=O)c1ncccc1C. The van der Waals surface area contributed by atoms with E-state index in [4.69, 9.17) is 5.73 Å². The molecular weight excluding hydrogens is 238 g/mol. The number of carbonyl (C=O) groups is 1. The molecule has 4 heteroatoms. The van der Waals surface area contributed by atoms with Gasteiger partial charge < -0.3 is 11.1 Å². The van der Waals surface area contributed by atoms with Crippen molar-refractivity contribution in [2.45, 2.75) is 20.4 Å². The number of anilines is 1. The normalized spacial score (nSPS) is 10.3. The zero-order chi connectivity index (χ0) is 13.8. The van der Waals surface area contributed by atoms with Crippen LogP contribution in [0.3, 0.4) is 0 Å². The smallest absolute Gasteiger partial charge is 0.274 e. The Morgan fingerprint density at radius 1 is 1.26 bits per heavy atom. The first-order valence-corrected chi connectivity index (χ1v) is 6.14. The van der Waals surface area contributed by atoms with Gasteiger partial charge >= 0.3 is 0 Å². The van der Waals surface area contributed by atoms with E-state index < -0.39 is 0 Å². The Bertz CT molecular complexity index is 608. The van der Waals surface area contributed by atoms with Crippen LogP contribution in [0.15, 0.2) is 36.5 Å². The molecule has 0 unspecified atom stereocenters. The van der Waals surface area contributed by atoms with Gasteiger partial charge in [0.2, 0.25) is 0 Å². The molecule has 1 aromatic heterocycles. The molecule has 0 aliphatic heterocycles. The van der Waals surface area contributed by atoms with Crippen LogP contribution in [0.5, 0.6) is 0 Å². The second-order valence-corrected chi connectivity index (χ2v) is 4.48. The van der Waals surface area contributed by atoms with Crippen molar-refractivity contribution in [2.75, 3.05) is 5.32 Å². The topological polar surface area (TPSA) is 68.0 Å².